The van der Waals surface area contributed by atoms with Crippen LogP contribution in [0.25, 0.3) is 95.0 Å². The minimum atomic E-state index is -0.391. The molecule has 9 heteroatoms. The molecule has 2 aliphatic rings. The van der Waals surface area contributed by atoms with Gasteiger partial charge in [0.2, 0.25) is 0 Å². The maximum absolute atomic E-state index is 13.9. The predicted octanol–water partition coefficient (Wildman–Crippen LogP) is 18.4. The Labute approximate surface area is 533 Å². The molecule has 17 rings (SSSR count). The Morgan fingerprint density at radius 3 is 1.47 bits per heavy atom. The van der Waals surface area contributed by atoms with E-state index < -0.39 is 5.97 Å². The molecule has 4 heterocycles. The van der Waals surface area contributed by atoms with Gasteiger partial charge in [0.05, 0.1) is 22.3 Å². The molecule has 92 heavy (non-hydrogen) atoms. The minimum Gasteiger partial charge on any atom is -0.457 e. The van der Waals surface area contributed by atoms with Crippen LogP contribution in [0.2, 0.25) is 0 Å². The number of benzene rings is 13. The summed E-state index contributed by atoms with van der Waals surface area (Å²) < 4.78 is 8.23. The molecule has 0 radical (unpaired) electrons. The molecule has 0 aliphatic carbocycles. The van der Waals surface area contributed by atoms with Crippen LogP contribution in [-0.4, -0.2) is 32.2 Å². The first-order chi connectivity index (χ1) is 45.6. The highest BCUT2D eigenvalue weighted by Gasteiger charge is 2.43. The molecule has 432 valence electrons. The highest BCUT2D eigenvalue weighted by Crippen LogP contribution is 2.46. The Morgan fingerprint density at radius 1 is 0.348 bits per heavy atom. The van der Waals surface area contributed by atoms with Crippen molar-refractivity contribution in [1.29, 1.82) is 0 Å². The Balaban J connectivity index is 0.793. The van der Waals surface area contributed by atoms with Crippen LogP contribution in [0.15, 0.2) is 322 Å². The molecule has 2 aromatic heterocycles. The molecule has 15 aromatic rings. The van der Waals surface area contributed by atoms with E-state index in [0.29, 0.717) is 23.0 Å². The quantitative estimate of drug-likeness (QED) is 0.0891. The third-order valence-electron chi connectivity index (χ3n) is 18.0. The normalized spacial score (nSPS) is 12.2. The van der Waals surface area contributed by atoms with Crippen molar-refractivity contribution in [2.75, 3.05) is 9.80 Å². The minimum absolute atomic E-state index is 0.0566. The maximum atomic E-state index is 13.9. The number of carbonyl (C=O) groups excluding carboxylic acids is 1. The lowest BCUT2D eigenvalue weighted by molar-refractivity contribution is 0.0473. The van der Waals surface area contributed by atoms with Gasteiger partial charge in [-0.3, -0.25) is 0 Å². The summed E-state index contributed by atoms with van der Waals surface area (Å²) in [6.07, 6.45) is 0. The molecule has 0 spiro atoms. The van der Waals surface area contributed by atoms with Gasteiger partial charge in [0.1, 0.15) is 6.61 Å². The first-order valence-electron chi connectivity index (χ1n) is 31.1. The number of carbonyl (C=O) groups is 1. The lowest BCUT2D eigenvalue weighted by Gasteiger charge is -2.44. The topological polar surface area (TPSA) is 76.4 Å². The van der Waals surface area contributed by atoms with Gasteiger partial charge in [0.15, 0.2) is 17.5 Å². The molecule has 0 N–H and O–H groups in total. The average Bonchev–Trinajstić information content (AvgIpc) is 0.807. The van der Waals surface area contributed by atoms with Crippen LogP contribution in [0.5, 0.6) is 0 Å². The molecule has 0 bridgehead atoms. The average molecular weight is 1180 g/mol. The zero-order chi connectivity index (χ0) is 61.1. The molecule has 0 saturated heterocycles. The zero-order valence-electron chi connectivity index (χ0n) is 49.9. The van der Waals surface area contributed by atoms with Crippen molar-refractivity contribution in [1.82, 2.24) is 19.5 Å². The summed E-state index contributed by atoms with van der Waals surface area (Å²) in [6.45, 7) is 0.228. The Kier molecular flexibility index (Phi) is 13.4. The van der Waals surface area contributed by atoms with Crippen LogP contribution in [0.4, 0.5) is 34.1 Å². The first-order valence-corrected chi connectivity index (χ1v) is 31.1. The maximum Gasteiger partial charge on any atom is 0.338 e. The molecule has 0 fully saturated rings. The van der Waals surface area contributed by atoms with E-state index in [-0.39, 0.29) is 13.3 Å². The first kappa shape index (κ1) is 54.0. The number of aromatic nitrogens is 4. The fourth-order valence-corrected chi connectivity index (χ4v) is 13.8. The number of para-hydroxylation sites is 5. The van der Waals surface area contributed by atoms with Crippen molar-refractivity contribution in [2.45, 2.75) is 6.61 Å². The lowest BCUT2D eigenvalue weighted by atomic mass is 9.33. The highest BCUT2D eigenvalue weighted by molar-refractivity contribution is 7.00. The van der Waals surface area contributed by atoms with Crippen LogP contribution in [0.3, 0.4) is 0 Å². The molecule has 0 unspecified atom stereocenters. The highest BCUT2D eigenvalue weighted by atomic mass is 16.5. The SMILES string of the molecule is O=C(OCc1ccccc1)c1ccc2c(c1)c1ccccc1n2-c1c(-c2cccc(-c3cccc(-c4cccc(N5c6ccccc6B6c7ccccc7N(c7ccccc7)c7cccc5c76)c4)c3)c2)cccc1-c1nc(-c2ccccc2)nc(-c2ccccc2)n1. The molecular weight excluding hydrogens is 1120 g/mol. The van der Waals surface area contributed by atoms with E-state index in [2.05, 4.69) is 221 Å². The molecule has 0 saturated carbocycles. The summed E-state index contributed by atoms with van der Waals surface area (Å²) in [7, 11) is 0. The standard InChI is InChI=1S/C83H55BN6O2/c91-83(92-54-55-24-5-1-6-25-55)63-48-49-73-69(53-63)67-38-13-16-43-72(67)90(73)79-66(39-22-40-68(79)82-86-80(56-26-7-2-8-27-56)85-81(87-82)57-28-9-3-10-29-57)62-34-20-32-60(51-62)58-30-19-31-59(50-58)61-33-21-37-65(52-61)89-75-45-18-15-42-71(75)84-70-41-14-17-44-74(70)88(64-35-11-4-12-36-64)76-46-23-47-77(89)78(76)84/h1-53H,54H2. The summed E-state index contributed by atoms with van der Waals surface area (Å²) in [4.78, 5) is 34.6. The van der Waals surface area contributed by atoms with Gasteiger partial charge >= 0.3 is 5.97 Å². The Hall–Kier alpha value is -12.2. The van der Waals surface area contributed by atoms with Crippen molar-refractivity contribution in [3.8, 4) is 73.2 Å². The van der Waals surface area contributed by atoms with Gasteiger partial charge in [0.25, 0.3) is 6.71 Å². The van der Waals surface area contributed by atoms with E-state index >= 15 is 0 Å². The number of nitrogens with zero attached hydrogens (tertiary/aromatic N) is 6. The van der Waals surface area contributed by atoms with Crippen molar-refractivity contribution < 1.29 is 9.53 Å². The number of anilines is 6. The summed E-state index contributed by atoms with van der Waals surface area (Å²) in [6, 6.07) is 113. The summed E-state index contributed by atoms with van der Waals surface area (Å²) in [5.74, 6) is 1.26. The largest absolute Gasteiger partial charge is 0.457 e. The van der Waals surface area contributed by atoms with Crippen molar-refractivity contribution in [3.63, 3.8) is 0 Å². The Morgan fingerprint density at radius 2 is 0.804 bits per heavy atom. The van der Waals surface area contributed by atoms with Crippen LogP contribution in [0, 0.1) is 0 Å². The number of fused-ring (bicyclic) bond motifs is 7. The van der Waals surface area contributed by atoms with Crippen LogP contribution >= 0.6 is 0 Å². The molecular formula is C83H55BN6O2. The Bertz CT molecular complexity index is 5290. The monoisotopic (exact) mass is 1180 g/mol. The molecule has 0 amide bonds. The van der Waals surface area contributed by atoms with Crippen molar-refractivity contribution in [2.24, 2.45) is 0 Å². The molecule has 13 aromatic carbocycles. The number of esters is 1. The second kappa shape index (κ2) is 22.8. The smallest absolute Gasteiger partial charge is 0.338 e. The lowest BCUT2D eigenvalue weighted by Crippen LogP contribution is -2.61. The number of rotatable bonds is 12. The number of ether oxygens (including phenoxy) is 1. The summed E-state index contributed by atoms with van der Waals surface area (Å²) in [5.41, 5.74) is 23.8. The fourth-order valence-electron chi connectivity index (χ4n) is 13.8. The van der Waals surface area contributed by atoms with E-state index in [1.54, 1.807) is 0 Å². The predicted molar refractivity (Wildman–Crippen MR) is 376 cm³/mol. The summed E-state index contributed by atoms with van der Waals surface area (Å²) >= 11 is 0. The van der Waals surface area contributed by atoms with Crippen LogP contribution in [0.1, 0.15) is 15.9 Å². The second-order valence-corrected chi connectivity index (χ2v) is 23.4. The molecule has 0 atom stereocenters. The van der Waals surface area contributed by atoms with Gasteiger partial charge < -0.3 is 19.1 Å². The van der Waals surface area contributed by atoms with Gasteiger partial charge in [-0.1, -0.05) is 231 Å². The zero-order valence-corrected chi connectivity index (χ0v) is 49.9. The molecule has 8 nitrogen and oxygen atoms in total. The van der Waals surface area contributed by atoms with E-state index in [1.165, 1.54) is 39.1 Å². The summed E-state index contributed by atoms with van der Waals surface area (Å²) in [5, 5.41) is 1.89. The third-order valence-corrected chi connectivity index (χ3v) is 18.0. The number of hydrogen-bond acceptors (Lipinski definition) is 7. The van der Waals surface area contributed by atoms with E-state index in [1.807, 2.05) is 115 Å². The van der Waals surface area contributed by atoms with E-state index in [4.69, 9.17) is 19.7 Å². The van der Waals surface area contributed by atoms with Crippen molar-refractivity contribution >= 4 is 85.0 Å². The van der Waals surface area contributed by atoms with Gasteiger partial charge in [0, 0.05) is 67.2 Å². The van der Waals surface area contributed by atoms with E-state index in [9.17, 15) is 4.79 Å². The van der Waals surface area contributed by atoms with Crippen LogP contribution < -0.4 is 26.2 Å². The fraction of sp³-hybridized carbons (Fsp3) is 0.0120. The van der Waals surface area contributed by atoms with Gasteiger partial charge in [-0.25, -0.2) is 19.7 Å². The third kappa shape index (κ3) is 9.41. The van der Waals surface area contributed by atoms with Gasteiger partial charge in [-0.2, -0.15) is 0 Å². The van der Waals surface area contributed by atoms with Gasteiger partial charge in [-0.05, 0) is 141 Å². The number of hydrogen-bond donors (Lipinski definition) is 0. The van der Waals surface area contributed by atoms with Crippen molar-refractivity contribution in [3.05, 3.63) is 333 Å². The second-order valence-electron chi connectivity index (χ2n) is 23.4. The molecule has 2 aliphatic heterocycles. The van der Waals surface area contributed by atoms with Gasteiger partial charge in [-0.15, -0.1) is 0 Å². The van der Waals surface area contributed by atoms with E-state index in [0.717, 1.165) is 94.5 Å². The van der Waals surface area contributed by atoms with Crippen LogP contribution in [-0.2, 0) is 11.3 Å².